The van der Waals surface area contributed by atoms with Crippen LogP contribution in [0.15, 0.2) is 91.0 Å². The van der Waals surface area contributed by atoms with E-state index in [9.17, 15) is 9.59 Å². The topological polar surface area (TPSA) is 67.9 Å². The Morgan fingerprint density at radius 1 is 0.892 bits per heavy atom. The smallest absolute Gasteiger partial charge is 0.408 e. The van der Waals surface area contributed by atoms with E-state index in [0.29, 0.717) is 12.2 Å². The molecule has 2 amide bonds. The summed E-state index contributed by atoms with van der Waals surface area (Å²) in [7, 11) is 0. The fourth-order valence-electron chi connectivity index (χ4n) is 5.15. The summed E-state index contributed by atoms with van der Waals surface area (Å²) in [5, 5.41) is 4.37. The number of carbonyl (C=O) groups is 2. The second kappa shape index (κ2) is 9.88. The summed E-state index contributed by atoms with van der Waals surface area (Å²) in [4.78, 5) is 33.3. The van der Waals surface area contributed by atoms with Crippen LogP contribution < -0.4 is 5.32 Å². The average Bonchev–Trinajstić information content (AvgIpc) is 3.41. The molecule has 6 nitrogen and oxygen atoms in total. The SMILES string of the molecule is CC(C)(C)OC(=O)NC1C(=O)N(OC(c2ccccc2)(c2ccccc2)c2ccccc2)C12CCSC2. The lowest BCUT2D eigenvalue weighted by Gasteiger charge is -2.56. The molecule has 0 saturated carbocycles. The minimum atomic E-state index is -1.07. The van der Waals surface area contributed by atoms with Crippen molar-refractivity contribution in [1.82, 2.24) is 10.4 Å². The Bertz CT molecular complexity index is 1140. The maximum absolute atomic E-state index is 13.7. The van der Waals surface area contributed by atoms with E-state index in [0.717, 1.165) is 22.4 Å². The molecule has 2 saturated heterocycles. The Morgan fingerprint density at radius 3 is 1.78 bits per heavy atom. The Morgan fingerprint density at radius 2 is 1.38 bits per heavy atom. The van der Waals surface area contributed by atoms with Crippen molar-refractivity contribution in [2.24, 2.45) is 0 Å². The molecule has 2 unspecified atom stereocenters. The summed E-state index contributed by atoms with van der Waals surface area (Å²) in [6.07, 6.45) is 0.111. The Labute approximate surface area is 222 Å². The third-order valence-electron chi connectivity index (χ3n) is 6.85. The maximum Gasteiger partial charge on any atom is 0.408 e. The van der Waals surface area contributed by atoms with Crippen LogP contribution in [0.1, 0.15) is 43.9 Å². The van der Waals surface area contributed by atoms with Crippen LogP contribution in [-0.4, -0.2) is 45.8 Å². The van der Waals surface area contributed by atoms with Crippen molar-refractivity contribution in [3.63, 3.8) is 0 Å². The van der Waals surface area contributed by atoms with Crippen molar-refractivity contribution < 1.29 is 19.2 Å². The van der Waals surface area contributed by atoms with Crippen molar-refractivity contribution in [2.45, 2.75) is 50.0 Å². The zero-order valence-electron chi connectivity index (χ0n) is 21.3. The van der Waals surface area contributed by atoms with Gasteiger partial charge in [-0.05, 0) is 49.6 Å². The van der Waals surface area contributed by atoms with Gasteiger partial charge in [0, 0.05) is 5.75 Å². The molecule has 0 aliphatic carbocycles. The van der Waals surface area contributed by atoms with Gasteiger partial charge < -0.3 is 10.1 Å². The number of hydrogen-bond donors (Lipinski definition) is 1. The molecular formula is C30H32N2O4S. The lowest BCUT2D eigenvalue weighted by Crippen LogP contribution is -2.80. The first-order chi connectivity index (χ1) is 17.8. The summed E-state index contributed by atoms with van der Waals surface area (Å²) in [5.74, 6) is 1.25. The number of nitrogens with zero attached hydrogens (tertiary/aromatic N) is 1. The Balaban J connectivity index is 1.58. The molecule has 2 heterocycles. The van der Waals surface area contributed by atoms with Gasteiger partial charge in [-0.15, -0.1) is 0 Å². The maximum atomic E-state index is 13.7. The summed E-state index contributed by atoms with van der Waals surface area (Å²) >= 11 is 1.75. The van der Waals surface area contributed by atoms with Crippen molar-refractivity contribution in [2.75, 3.05) is 11.5 Å². The fourth-order valence-corrected chi connectivity index (χ4v) is 6.57. The van der Waals surface area contributed by atoms with Crippen LogP contribution in [0.5, 0.6) is 0 Å². The van der Waals surface area contributed by atoms with Gasteiger partial charge in [0.1, 0.15) is 17.2 Å². The Kier molecular flexibility index (Phi) is 6.77. The first-order valence-corrected chi connectivity index (χ1v) is 13.7. The van der Waals surface area contributed by atoms with Gasteiger partial charge in [0.25, 0.3) is 5.91 Å². The summed E-state index contributed by atoms with van der Waals surface area (Å²) in [6, 6.07) is 29.2. The molecule has 3 aromatic carbocycles. The standard InChI is InChI=1S/C30H32N2O4S/c1-28(2,3)35-27(34)31-25-26(33)32(29(25)19-20-37-21-29)36-30(22-13-7-4-8-14-22,23-15-9-5-10-16-23)24-17-11-6-12-18-24/h4-18,25H,19-21H2,1-3H3,(H,31,34). The lowest BCUT2D eigenvalue weighted by atomic mass is 9.78. The van der Waals surface area contributed by atoms with Crippen LogP contribution in [0, 0.1) is 0 Å². The molecule has 0 aromatic heterocycles. The molecule has 192 valence electrons. The number of ether oxygens (including phenoxy) is 1. The largest absolute Gasteiger partial charge is 0.444 e. The van der Waals surface area contributed by atoms with Gasteiger partial charge in [-0.3, -0.25) is 4.79 Å². The van der Waals surface area contributed by atoms with Crippen LogP contribution in [-0.2, 0) is 20.0 Å². The quantitative estimate of drug-likeness (QED) is 0.345. The minimum Gasteiger partial charge on any atom is -0.444 e. The first-order valence-electron chi connectivity index (χ1n) is 12.5. The summed E-state index contributed by atoms with van der Waals surface area (Å²) < 4.78 is 5.47. The van der Waals surface area contributed by atoms with E-state index < -0.39 is 28.9 Å². The van der Waals surface area contributed by atoms with Gasteiger partial charge in [0.05, 0.1) is 0 Å². The Hall–Kier alpha value is -3.29. The van der Waals surface area contributed by atoms with E-state index in [1.54, 1.807) is 32.5 Å². The minimum absolute atomic E-state index is 0.277. The van der Waals surface area contributed by atoms with Gasteiger partial charge in [-0.1, -0.05) is 91.0 Å². The molecule has 3 aromatic rings. The molecule has 1 spiro atoms. The first kappa shape index (κ1) is 25.4. The monoisotopic (exact) mass is 516 g/mol. The van der Waals surface area contributed by atoms with Crippen molar-refractivity contribution in [1.29, 1.82) is 0 Å². The lowest BCUT2D eigenvalue weighted by molar-refractivity contribution is -0.293. The zero-order valence-corrected chi connectivity index (χ0v) is 22.2. The van der Waals surface area contributed by atoms with E-state index in [4.69, 9.17) is 9.57 Å². The predicted octanol–water partition coefficient (Wildman–Crippen LogP) is 5.52. The third kappa shape index (κ3) is 4.62. The van der Waals surface area contributed by atoms with Gasteiger partial charge >= 0.3 is 6.09 Å². The molecule has 1 N–H and O–H groups in total. The summed E-state index contributed by atoms with van der Waals surface area (Å²) in [5.41, 5.74) is 0.325. The van der Waals surface area contributed by atoms with Crippen LogP contribution in [0.25, 0.3) is 0 Å². The van der Waals surface area contributed by atoms with Crippen LogP contribution in [0.3, 0.4) is 0 Å². The number of thioether (sulfide) groups is 1. The van der Waals surface area contributed by atoms with E-state index >= 15 is 0 Å². The van der Waals surface area contributed by atoms with E-state index in [2.05, 4.69) is 5.32 Å². The zero-order chi connectivity index (χ0) is 26.1. The van der Waals surface area contributed by atoms with E-state index in [1.165, 1.54) is 5.06 Å². The summed E-state index contributed by atoms with van der Waals surface area (Å²) in [6.45, 7) is 5.42. The van der Waals surface area contributed by atoms with Gasteiger partial charge in [-0.25, -0.2) is 14.7 Å². The molecule has 37 heavy (non-hydrogen) atoms. The number of carbonyl (C=O) groups excluding carboxylic acids is 2. The third-order valence-corrected chi connectivity index (χ3v) is 8.05. The molecule has 2 aliphatic rings. The van der Waals surface area contributed by atoms with E-state index in [-0.39, 0.29) is 5.91 Å². The fraction of sp³-hybridized carbons (Fsp3) is 0.333. The van der Waals surface area contributed by atoms with Crippen LogP contribution in [0.4, 0.5) is 4.79 Å². The average molecular weight is 517 g/mol. The predicted molar refractivity (Wildman–Crippen MR) is 145 cm³/mol. The molecule has 5 rings (SSSR count). The number of hydroxylamine groups is 2. The number of benzene rings is 3. The molecule has 0 radical (unpaired) electrons. The van der Waals surface area contributed by atoms with Crippen molar-refractivity contribution in [3.8, 4) is 0 Å². The van der Waals surface area contributed by atoms with Crippen molar-refractivity contribution in [3.05, 3.63) is 108 Å². The number of rotatable bonds is 6. The second-order valence-corrected chi connectivity index (χ2v) is 11.6. The number of nitrogens with one attached hydrogen (secondary N) is 1. The van der Waals surface area contributed by atoms with Gasteiger partial charge in [0.15, 0.2) is 5.60 Å². The number of β-lactam (4-membered cyclic amide) rings is 1. The normalized spacial score (nSPS) is 21.5. The highest BCUT2D eigenvalue weighted by Crippen LogP contribution is 2.49. The molecule has 2 atom stereocenters. The number of alkyl carbamates (subject to hydrolysis) is 1. The van der Waals surface area contributed by atoms with Gasteiger partial charge in [0.2, 0.25) is 0 Å². The number of hydrogen-bond acceptors (Lipinski definition) is 5. The van der Waals surface area contributed by atoms with E-state index in [1.807, 2.05) is 91.0 Å². The molecule has 2 fully saturated rings. The molecule has 2 aliphatic heterocycles. The highest BCUT2D eigenvalue weighted by atomic mass is 32.2. The molecule has 7 heteroatoms. The van der Waals surface area contributed by atoms with Crippen molar-refractivity contribution >= 4 is 23.8 Å². The highest BCUT2D eigenvalue weighted by Gasteiger charge is 2.65. The van der Waals surface area contributed by atoms with Gasteiger partial charge in [-0.2, -0.15) is 11.8 Å². The molecule has 0 bridgehead atoms. The highest BCUT2D eigenvalue weighted by molar-refractivity contribution is 7.99. The second-order valence-electron chi connectivity index (χ2n) is 10.5. The van der Waals surface area contributed by atoms with Crippen LogP contribution >= 0.6 is 11.8 Å². The van der Waals surface area contributed by atoms with Crippen LogP contribution in [0.2, 0.25) is 0 Å². The molecular weight excluding hydrogens is 484 g/mol. The number of amides is 2.